The van der Waals surface area contributed by atoms with Crippen LogP contribution < -0.4 is 21.2 Å². The second kappa shape index (κ2) is 11.4. The van der Waals surface area contributed by atoms with Crippen LogP contribution in [0.2, 0.25) is 0 Å². The summed E-state index contributed by atoms with van der Waals surface area (Å²) in [7, 11) is 0. The standard InChI is InChI=1S/C26H31N5O3/c1-19(2)31(26(32)21-14-12-20(13-15-21)23-10-7-17-34-23)18-22-8-3-4-9-24(22)33-16-6-5-11-25-27-29-30-28-25/h3-4,7-10,12-15,17,19,29-30H,5-6,11,16,18H2,1-2H3,(H,27,28)/i19D. The number of furan rings is 1. The van der Waals surface area contributed by atoms with Gasteiger partial charge in [-0.15, -0.1) is 10.6 Å². The molecular weight excluding hydrogens is 430 g/mol. The Kier molecular flexibility index (Phi) is 7.37. The van der Waals surface area contributed by atoms with Gasteiger partial charge in [0.15, 0.2) is 0 Å². The van der Waals surface area contributed by atoms with Crippen molar-refractivity contribution in [1.29, 1.82) is 0 Å². The summed E-state index contributed by atoms with van der Waals surface area (Å²) in [5.41, 5.74) is 10.6. The quantitative estimate of drug-likeness (QED) is 0.364. The number of para-hydroxylation sites is 1. The highest BCUT2D eigenvalue weighted by molar-refractivity contribution is 5.94. The highest BCUT2D eigenvalue weighted by atomic mass is 16.5. The van der Waals surface area contributed by atoms with E-state index in [4.69, 9.17) is 10.5 Å². The van der Waals surface area contributed by atoms with Crippen molar-refractivity contribution in [2.75, 3.05) is 6.61 Å². The zero-order chi connectivity index (χ0) is 24.7. The Bertz CT molecular complexity index is 1140. The molecule has 3 N–H and O–H groups in total. The van der Waals surface area contributed by atoms with Gasteiger partial charge in [-0.2, -0.15) is 0 Å². The van der Waals surface area contributed by atoms with Crippen molar-refractivity contribution in [1.82, 2.24) is 21.4 Å². The first kappa shape index (κ1) is 22.0. The number of amidine groups is 1. The summed E-state index contributed by atoms with van der Waals surface area (Å²) in [6.45, 7) is 4.26. The van der Waals surface area contributed by atoms with Crippen LogP contribution in [0, 0.1) is 0 Å². The smallest absolute Gasteiger partial charge is 0.254 e. The molecule has 0 saturated heterocycles. The van der Waals surface area contributed by atoms with E-state index in [1.165, 1.54) is 0 Å². The maximum atomic E-state index is 13.4. The number of carbonyl (C=O) groups excluding carboxylic acids is 1. The van der Waals surface area contributed by atoms with Crippen LogP contribution >= 0.6 is 0 Å². The van der Waals surface area contributed by atoms with Crippen molar-refractivity contribution in [2.24, 2.45) is 5.10 Å². The van der Waals surface area contributed by atoms with Crippen LogP contribution in [-0.2, 0) is 6.54 Å². The lowest BCUT2D eigenvalue weighted by Gasteiger charge is -2.28. The van der Waals surface area contributed by atoms with Crippen molar-refractivity contribution in [2.45, 2.75) is 45.7 Å². The van der Waals surface area contributed by atoms with Crippen molar-refractivity contribution < 1.29 is 15.3 Å². The van der Waals surface area contributed by atoms with Gasteiger partial charge >= 0.3 is 0 Å². The van der Waals surface area contributed by atoms with Gasteiger partial charge in [-0.3, -0.25) is 10.2 Å². The Hall–Kier alpha value is -3.78. The highest BCUT2D eigenvalue weighted by Crippen LogP contribution is 2.24. The number of rotatable bonds is 11. The summed E-state index contributed by atoms with van der Waals surface area (Å²) in [5.74, 6) is 2.13. The number of unbranched alkanes of at least 4 members (excludes halogenated alkanes) is 1. The van der Waals surface area contributed by atoms with Crippen LogP contribution in [0.15, 0.2) is 76.4 Å². The van der Waals surface area contributed by atoms with Gasteiger partial charge < -0.3 is 14.1 Å². The number of amides is 1. The molecule has 0 aliphatic carbocycles. The van der Waals surface area contributed by atoms with Crippen LogP contribution in [-0.4, -0.2) is 29.3 Å². The SMILES string of the molecule is [2H]C(C)(C)N(Cc1ccccc1OCCCCC1=NNNN1)C(=O)c1ccc(-c2ccco2)cc1. The van der Waals surface area contributed by atoms with E-state index in [1.54, 1.807) is 37.1 Å². The molecule has 178 valence electrons. The Labute approximate surface area is 201 Å². The second-order valence-corrected chi connectivity index (χ2v) is 8.23. The van der Waals surface area contributed by atoms with Crippen LogP contribution in [0.25, 0.3) is 11.3 Å². The Morgan fingerprint density at radius 1 is 1.12 bits per heavy atom. The second-order valence-electron chi connectivity index (χ2n) is 8.23. The zero-order valence-electron chi connectivity index (χ0n) is 20.5. The van der Waals surface area contributed by atoms with Gasteiger partial charge in [0, 0.05) is 35.7 Å². The molecule has 2 aromatic carbocycles. The molecule has 0 fully saturated rings. The van der Waals surface area contributed by atoms with Gasteiger partial charge in [-0.05, 0) is 57.0 Å². The Morgan fingerprint density at radius 3 is 2.65 bits per heavy atom. The Balaban J connectivity index is 1.41. The third kappa shape index (κ3) is 5.96. The molecule has 1 aliphatic heterocycles. The predicted molar refractivity (Wildman–Crippen MR) is 132 cm³/mol. The summed E-state index contributed by atoms with van der Waals surface area (Å²) >= 11 is 0. The fraction of sp³-hybridized carbons (Fsp3) is 0.308. The molecule has 3 aromatic rings. The summed E-state index contributed by atoms with van der Waals surface area (Å²) in [6, 6.07) is 17.5. The minimum Gasteiger partial charge on any atom is -0.493 e. The van der Waals surface area contributed by atoms with E-state index in [-0.39, 0.29) is 12.5 Å². The van der Waals surface area contributed by atoms with Gasteiger partial charge in [0.05, 0.1) is 14.2 Å². The van der Waals surface area contributed by atoms with E-state index in [1.807, 2.05) is 48.5 Å². The van der Waals surface area contributed by atoms with Gasteiger partial charge in [0.2, 0.25) is 0 Å². The molecule has 0 unspecified atom stereocenters. The minimum atomic E-state index is -1.12. The lowest BCUT2D eigenvalue weighted by atomic mass is 10.1. The first-order valence-corrected chi connectivity index (χ1v) is 11.4. The number of hydrogen-bond acceptors (Lipinski definition) is 7. The number of carbonyl (C=O) groups is 1. The first-order valence-electron chi connectivity index (χ1n) is 11.9. The van der Waals surface area contributed by atoms with Crippen molar-refractivity contribution in [3.8, 4) is 17.1 Å². The lowest BCUT2D eigenvalue weighted by molar-refractivity contribution is 0.0688. The average molecular weight is 463 g/mol. The van der Waals surface area contributed by atoms with E-state index in [2.05, 4.69) is 21.6 Å². The molecule has 34 heavy (non-hydrogen) atoms. The lowest BCUT2D eigenvalue weighted by Crippen LogP contribution is -2.36. The summed E-state index contributed by atoms with van der Waals surface area (Å²) in [5, 5.41) is 4.06. The molecule has 1 aliphatic rings. The number of benzene rings is 2. The molecule has 0 atom stereocenters. The predicted octanol–water partition coefficient (Wildman–Crippen LogP) is 4.47. The Morgan fingerprint density at radius 2 is 1.94 bits per heavy atom. The molecule has 0 spiro atoms. The molecule has 1 aromatic heterocycles. The summed E-state index contributed by atoms with van der Waals surface area (Å²) < 4.78 is 20.1. The van der Waals surface area contributed by atoms with Gasteiger partial charge in [0.1, 0.15) is 17.3 Å². The summed E-state index contributed by atoms with van der Waals surface area (Å²) in [4.78, 5) is 15.0. The normalized spacial score (nSPS) is 13.5. The number of ether oxygens (including phenoxy) is 1. The van der Waals surface area contributed by atoms with E-state index >= 15 is 0 Å². The van der Waals surface area contributed by atoms with E-state index in [0.29, 0.717) is 12.2 Å². The molecule has 0 bridgehead atoms. The third-order valence-electron chi connectivity index (χ3n) is 5.54. The maximum Gasteiger partial charge on any atom is 0.254 e. The fourth-order valence-electron chi connectivity index (χ4n) is 3.67. The molecule has 8 nitrogen and oxygen atoms in total. The topological polar surface area (TPSA) is 91.1 Å². The highest BCUT2D eigenvalue weighted by Gasteiger charge is 2.21. The average Bonchev–Trinajstić information content (AvgIpc) is 3.57. The molecule has 0 saturated carbocycles. The van der Waals surface area contributed by atoms with Crippen LogP contribution in [0.1, 0.15) is 50.4 Å². The first-order chi connectivity index (χ1) is 16.9. The third-order valence-corrected chi connectivity index (χ3v) is 5.54. The fourth-order valence-corrected chi connectivity index (χ4v) is 3.67. The maximum absolute atomic E-state index is 13.4. The van der Waals surface area contributed by atoms with Gasteiger partial charge in [-0.1, -0.05) is 30.3 Å². The summed E-state index contributed by atoms with van der Waals surface area (Å²) in [6.07, 6.45) is 4.23. The monoisotopic (exact) mass is 462 g/mol. The minimum absolute atomic E-state index is 0.210. The number of hydrazone groups is 1. The molecule has 2 heterocycles. The number of hydrogen-bond donors (Lipinski definition) is 3. The molecule has 1 amide bonds. The van der Waals surface area contributed by atoms with E-state index < -0.39 is 6.02 Å². The van der Waals surface area contributed by atoms with E-state index in [0.717, 1.165) is 47.7 Å². The van der Waals surface area contributed by atoms with Crippen molar-refractivity contribution in [3.63, 3.8) is 0 Å². The van der Waals surface area contributed by atoms with E-state index in [9.17, 15) is 4.79 Å². The molecule has 8 heteroatoms. The van der Waals surface area contributed by atoms with Crippen LogP contribution in [0.3, 0.4) is 0 Å². The number of nitrogens with zero attached hydrogens (tertiary/aromatic N) is 2. The zero-order valence-corrected chi connectivity index (χ0v) is 19.5. The van der Waals surface area contributed by atoms with Crippen LogP contribution in [0.4, 0.5) is 0 Å². The molecular formula is C26H31N5O3. The number of nitrogens with one attached hydrogen (secondary N) is 3. The van der Waals surface area contributed by atoms with Gasteiger partial charge in [-0.25, -0.2) is 5.53 Å². The molecule has 4 rings (SSSR count). The molecule has 0 radical (unpaired) electrons. The van der Waals surface area contributed by atoms with Gasteiger partial charge in [0.25, 0.3) is 5.91 Å². The van der Waals surface area contributed by atoms with Crippen LogP contribution in [0.5, 0.6) is 5.75 Å². The van der Waals surface area contributed by atoms with Crippen molar-refractivity contribution in [3.05, 3.63) is 78.1 Å². The van der Waals surface area contributed by atoms with Crippen molar-refractivity contribution >= 4 is 11.7 Å². The number of hydrazine groups is 2. The largest absolute Gasteiger partial charge is 0.493 e.